The Morgan fingerprint density at radius 1 is 1.09 bits per heavy atom. The summed E-state index contributed by atoms with van der Waals surface area (Å²) in [6.45, 7) is 0. The van der Waals surface area contributed by atoms with Gasteiger partial charge in [0.25, 0.3) is 0 Å². The van der Waals surface area contributed by atoms with Gasteiger partial charge in [-0.05, 0) is 54.8 Å². The molecule has 0 bridgehead atoms. The quantitative estimate of drug-likeness (QED) is 0.406. The molecule has 0 spiro atoms. The van der Waals surface area contributed by atoms with E-state index in [-0.39, 0.29) is 12.1 Å². The first-order chi connectivity index (χ1) is 16.6. The molecule has 6 rings (SSSR count). The highest BCUT2D eigenvalue weighted by atomic mass is 19.1. The van der Waals surface area contributed by atoms with Crippen molar-refractivity contribution in [1.82, 2.24) is 24.7 Å². The molecule has 0 radical (unpaired) electrons. The molecule has 3 N–H and O–H groups in total. The molecule has 1 saturated carbocycles. The van der Waals surface area contributed by atoms with Crippen LogP contribution in [0.3, 0.4) is 0 Å². The average molecular weight is 455 g/mol. The molecule has 0 amide bonds. The number of anilines is 2. The maximum absolute atomic E-state index is 15.3. The van der Waals surface area contributed by atoms with Crippen molar-refractivity contribution in [3.8, 4) is 16.9 Å². The minimum atomic E-state index is -0.396. The lowest BCUT2D eigenvalue weighted by Gasteiger charge is -2.34. The number of benzene rings is 2. The van der Waals surface area contributed by atoms with Gasteiger partial charge >= 0.3 is 0 Å². The summed E-state index contributed by atoms with van der Waals surface area (Å²) in [6.07, 6.45) is 8.52. The molecule has 170 valence electrons. The third-order valence-corrected chi connectivity index (χ3v) is 6.25. The van der Waals surface area contributed by atoms with Gasteiger partial charge in [0, 0.05) is 36.4 Å². The minimum Gasteiger partial charge on any atom is -0.488 e. The van der Waals surface area contributed by atoms with Crippen LogP contribution in [-0.2, 0) is 7.05 Å². The van der Waals surface area contributed by atoms with Crippen molar-refractivity contribution in [3.05, 3.63) is 67.1 Å². The predicted molar refractivity (Wildman–Crippen MR) is 128 cm³/mol. The first kappa shape index (κ1) is 20.5. The van der Waals surface area contributed by atoms with Gasteiger partial charge < -0.3 is 15.8 Å². The standard InChI is InChI=1S/C25H22FN7O/c1-33-12-15(11-31-33)14-9-20-23(22(10-14)34-21-7-4-17(21)27)25(30-13-29-20)32-19-6-5-18-16(24(19)26)3-2-8-28-18/h2-3,5-6,8-13,17,21H,4,7,27H2,1H3,(H,29,30,32)/t17-,21-/m1/s1. The van der Waals surface area contributed by atoms with Crippen LogP contribution in [0.4, 0.5) is 15.9 Å². The Balaban J connectivity index is 1.49. The minimum absolute atomic E-state index is 0.0245. The largest absolute Gasteiger partial charge is 0.488 e. The van der Waals surface area contributed by atoms with Crippen molar-refractivity contribution in [3.63, 3.8) is 0 Å². The summed E-state index contributed by atoms with van der Waals surface area (Å²) in [7, 11) is 1.87. The maximum Gasteiger partial charge on any atom is 0.156 e. The monoisotopic (exact) mass is 455 g/mol. The van der Waals surface area contributed by atoms with Crippen molar-refractivity contribution in [2.75, 3.05) is 5.32 Å². The lowest BCUT2D eigenvalue weighted by Crippen LogP contribution is -2.47. The second-order valence-electron chi connectivity index (χ2n) is 8.51. The fourth-order valence-corrected chi connectivity index (χ4v) is 4.22. The van der Waals surface area contributed by atoms with Crippen LogP contribution in [0.2, 0.25) is 0 Å². The van der Waals surface area contributed by atoms with Gasteiger partial charge in [-0.2, -0.15) is 5.10 Å². The van der Waals surface area contributed by atoms with Crippen molar-refractivity contribution < 1.29 is 9.13 Å². The van der Waals surface area contributed by atoms with E-state index in [0.717, 1.165) is 24.0 Å². The zero-order chi connectivity index (χ0) is 23.2. The van der Waals surface area contributed by atoms with Crippen LogP contribution in [0.5, 0.6) is 5.75 Å². The van der Waals surface area contributed by atoms with Crippen LogP contribution in [0.1, 0.15) is 12.8 Å². The fourth-order valence-electron chi connectivity index (χ4n) is 4.22. The van der Waals surface area contributed by atoms with Crippen LogP contribution >= 0.6 is 0 Å². The number of halogens is 1. The molecule has 34 heavy (non-hydrogen) atoms. The molecule has 9 heteroatoms. The molecule has 0 saturated heterocycles. The van der Waals surface area contributed by atoms with E-state index in [1.807, 2.05) is 25.4 Å². The summed E-state index contributed by atoms with van der Waals surface area (Å²) in [5.41, 5.74) is 9.56. The molecule has 3 aromatic heterocycles. The molecule has 1 fully saturated rings. The van der Waals surface area contributed by atoms with Crippen molar-refractivity contribution in [2.45, 2.75) is 25.0 Å². The number of nitrogens with zero attached hydrogens (tertiary/aromatic N) is 5. The topological polar surface area (TPSA) is 104 Å². The molecule has 8 nitrogen and oxygen atoms in total. The molecular formula is C25H22FN7O. The Labute approximate surface area is 194 Å². The highest BCUT2D eigenvalue weighted by Gasteiger charge is 2.30. The number of pyridine rings is 1. The van der Waals surface area contributed by atoms with E-state index in [2.05, 4.69) is 25.4 Å². The van der Waals surface area contributed by atoms with Gasteiger partial charge in [0.15, 0.2) is 5.82 Å². The zero-order valence-electron chi connectivity index (χ0n) is 18.4. The van der Waals surface area contributed by atoms with Crippen LogP contribution < -0.4 is 15.8 Å². The normalized spacial score (nSPS) is 17.6. The molecule has 0 unspecified atom stereocenters. The van der Waals surface area contributed by atoms with E-state index < -0.39 is 5.82 Å². The van der Waals surface area contributed by atoms with E-state index in [9.17, 15) is 0 Å². The summed E-state index contributed by atoms with van der Waals surface area (Å²) in [5, 5.41) is 8.52. The molecule has 2 atom stereocenters. The number of fused-ring (bicyclic) bond motifs is 2. The fraction of sp³-hybridized carbons (Fsp3) is 0.200. The highest BCUT2D eigenvalue weighted by molar-refractivity contribution is 5.99. The van der Waals surface area contributed by atoms with Crippen molar-refractivity contribution in [1.29, 1.82) is 0 Å². The van der Waals surface area contributed by atoms with E-state index in [0.29, 0.717) is 39.1 Å². The zero-order valence-corrected chi connectivity index (χ0v) is 18.4. The molecule has 5 aromatic rings. The molecule has 3 heterocycles. The van der Waals surface area contributed by atoms with Crippen LogP contribution in [-0.4, -0.2) is 36.9 Å². The SMILES string of the molecule is Cn1cc(-c2cc(O[C@@H]3CC[C@H]3N)c3c(Nc4ccc5ncccc5c4F)ncnc3c2)cn1. The third-order valence-electron chi connectivity index (χ3n) is 6.25. The van der Waals surface area contributed by atoms with Crippen molar-refractivity contribution in [2.24, 2.45) is 12.8 Å². The number of hydrogen-bond acceptors (Lipinski definition) is 7. The van der Waals surface area contributed by atoms with Crippen LogP contribution in [0.15, 0.2) is 61.3 Å². The molecular weight excluding hydrogens is 433 g/mol. The first-order valence-electron chi connectivity index (χ1n) is 11.1. The Kier molecular flexibility index (Phi) is 4.84. The smallest absolute Gasteiger partial charge is 0.156 e. The first-order valence-corrected chi connectivity index (χ1v) is 11.1. The number of nitrogens with two attached hydrogens (primary N) is 1. The summed E-state index contributed by atoms with van der Waals surface area (Å²) >= 11 is 0. The Bertz CT molecular complexity index is 1530. The second-order valence-corrected chi connectivity index (χ2v) is 8.51. The number of aryl methyl sites for hydroxylation is 1. The summed E-state index contributed by atoms with van der Waals surface area (Å²) in [4.78, 5) is 13.1. The van der Waals surface area contributed by atoms with Crippen LogP contribution in [0.25, 0.3) is 32.9 Å². The summed E-state index contributed by atoms with van der Waals surface area (Å²) in [5.74, 6) is 0.656. The summed E-state index contributed by atoms with van der Waals surface area (Å²) in [6, 6.07) is 10.7. The van der Waals surface area contributed by atoms with E-state index >= 15 is 4.39 Å². The van der Waals surface area contributed by atoms with E-state index in [1.165, 1.54) is 6.33 Å². The highest BCUT2D eigenvalue weighted by Crippen LogP contribution is 2.39. The van der Waals surface area contributed by atoms with Crippen LogP contribution in [0, 0.1) is 5.82 Å². The number of aromatic nitrogens is 5. The number of nitrogens with one attached hydrogen (secondary N) is 1. The maximum atomic E-state index is 15.3. The van der Waals surface area contributed by atoms with Gasteiger partial charge in [0.1, 0.15) is 24.0 Å². The van der Waals surface area contributed by atoms with Crippen molar-refractivity contribution >= 4 is 33.3 Å². The number of rotatable bonds is 5. The van der Waals surface area contributed by atoms with Gasteiger partial charge in [-0.25, -0.2) is 14.4 Å². The average Bonchev–Trinajstić information content (AvgIpc) is 3.29. The van der Waals surface area contributed by atoms with Gasteiger partial charge in [0.2, 0.25) is 0 Å². The Hall–Kier alpha value is -4.11. The van der Waals surface area contributed by atoms with E-state index in [1.54, 1.807) is 41.3 Å². The van der Waals surface area contributed by atoms with Gasteiger partial charge in [-0.15, -0.1) is 0 Å². The molecule has 2 aromatic carbocycles. The lowest BCUT2D eigenvalue weighted by atomic mass is 9.90. The number of ether oxygens (including phenoxy) is 1. The summed E-state index contributed by atoms with van der Waals surface area (Å²) < 4.78 is 23.4. The molecule has 1 aliphatic carbocycles. The van der Waals surface area contributed by atoms with Gasteiger partial charge in [0.05, 0.1) is 28.3 Å². The van der Waals surface area contributed by atoms with E-state index in [4.69, 9.17) is 10.5 Å². The molecule has 1 aliphatic rings. The van der Waals surface area contributed by atoms with Gasteiger partial charge in [-0.3, -0.25) is 9.67 Å². The number of hydrogen-bond donors (Lipinski definition) is 2. The second kappa shape index (κ2) is 8.03. The third kappa shape index (κ3) is 3.50. The molecule has 0 aliphatic heterocycles. The Morgan fingerprint density at radius 2 is 2.00 bits per heavy atom. The lowest BCUT2D eigenvalue weighted by molar-refractivity contribution is 0.0949. The predicted octanol–water partition coefficient (Wildman–Crippen LogP) is 4.33. The van der Waals surface area contributed by atoms with Gasteiger partial charge in [-0.1, -0.05) is 0 Å². The Morgan fingerprint density at radius 3 is 2.76 bits per heavy atom.